The van der Waals surface area contributed by atoms with Gasteiger partial charge in [-0.25, -0.2) is 0 Å². The van der Waals surface area contributed by atoms with Crippen molar-refractivity contribution >= 4 is 10.9 Å². The van der Waals surface area contributed by atoms with Gasteiger partial charge in [0.25, 0.3) is 0 Å². The molecular formula is C7H5N3O2. The van der Waals surface area contributed by atoms with E-state index < -0.39 is 5.03 Å². The second kappa shape index (κ2) is 2.30. The van der Waals surface area contributed by atoms with Gasteiger partial charge in [-0.3, -0.25) is 0 Å². The smallest absolute Gasteiger partial charge is 0.210 e. The van der Waals surface area contributed by atoms with Crippen molar-refractivity contribution in [3.8, 4) is 0 Å². The van der Waals surface area contributed by atoms with Crippen LogP contribution in [-0.2, 0) is 0 Å². The molecule has 0 aliphatic heterocycles. The van der Waals surface area contributed by atoms with E-state index in [-0.39, 0.29) is 0 Å². The molecule has 2 rings (SSSR count). The minimum absolute atomic E-state index is 0.569. The maximum atomic E-state index is 10.3. The number of rotatable bonds is 1. The van der Waals surface area contributed by atoms with Crippen molar-refractivity contribution in [3.63, 3.8) is 0 Å². The van der Waals surface area contributed by atoms with Crippen LogP contribution in [0.1, 0.15) is 0 Å². The highest BCUT2D eigenvalue weighted by molar-refractivity contribution is 5.77. The average molecular weight is 163 g/mol. The zero-order valence-corrected chi connectivity index (χ0v) is 6.04. The van der Waals surface area contributed by atoms with Gasteiger partial charge in [-0.05, 0) is 12.1 Å². The van der Waals surface area contributed by atoms with E-state index in [0.29, 0.717) is 10.3 Å². The standard InChI is InChI=1S/C7H5N3O2/c11-10(12)9-5-6-3-1-2-4-7(6)8-9/h1-5H. The van der Waals surface area contributed by atoms with Crippen LogP contribution in [0.4, 0.5) is 0 Å². The summed E-state index contributed by atoms with van der Waals surface area (Å²) in [6.07, 6.45) is 1.38. The van der Waals surface area contributed by atoms with Crippen molar-refractivity contribution in [2.75, 3.05) is 0 Å². The summed E-state index contributed by atoms with van der Waals surface area (Å²) in [7, 11) is 0. The Bertz CT molecular complexity index is 402. The molecule has 1 aromatic carbocycles. The number of aromatic nitrogens is 2. The maximum absolute atomic E-state index is 10.3. The highest BCUT2D eigenvalue weighted by Gasteiger charge is 2.07. The fourth-order valence-corrected chi connectivity index (χ4v) is 1.04. The van der Waals surface area contributed by atoms with Crippen molar-refractivity contribution in [3.05, 3.63) is 40.6 Å². The summed E-state index contributed by atoms with van der Waals surface area (Å²) in [6.45, 7) is 0. The van der Waals surface area contributed by atoms with E-state index in [4.69, 9.17) is 0 Å². The first-order valence-corrected chi connectivity index (χ1v) is 3.36. The van der Waals surface area contributed by atoms with Crippen LogP contribution < -0.4 is 0 Å². The van der Waals surface area contributed by atoms with Gasteiger partial charge in [-0.2, -0.15) is 0 Å². The highest BCUT2D eigenvalue weighted by Crippen LogP contribution is 2.09. The molecule has 0 aliphatic rings. The lowest BCUT2D eigenvalue weighted by molar-refractivity contribution is -0.552. The summed E-state index contributed by atoms with van der Waals surface area (Å²) in [5.41, 5.74) is 0.634. The SMILES string of the molecule is O=[N+]([O-])n1cc2ccccc2n1. The summed E-state index contributed by atoms with van der Waals surface area (Å²) in [5, 5.41) is 14.2. The van der Waals surface area contributed by atoms with Crippen LogP contribution in [0.25, 0.3) is 10.9 Å². The van der Waals surface area contributed by atoms with Gasteiger partial charge in [-0.1, -0.05) is 12.1 Å². The number of nitro groups is 1. The van der Waals surface area contributed by atoms with Gasteiger partial charge in [0.15, 0.2) is 0 Å². The molecule has 0 aliphatic carbocycles. The van der Waals surface area contributed by atoms with Crippen molar-refractivity contribution in [2.24, 2.45) is 0 Å². The molecule has 0 N–H and O–H groups in total. The Balaban J connectivity index is 2.70. The predicted molar refractivity (Wildman–Crippen MR) is 42.1 cm³/mol. The molecule has 0 atom stereocenters. The molecule has 0 bridgehead atoms. The van der Waals surface area contributed by atoms with Crippen molar-refractivity contribution in [2.45, 2.75) is 0 Å². The Labute approximate surface area is 67.3 Å². The van der Waals surface area contributed by atoms with Crippen molar-refractivity contribution < 1.29 is 5.03 Å². The van der Waals surface area contributed by atoms with E-state index in [1.54, 1.807) is 18.2 Å². The molecule has 5 nitrogen and oxygen atoms in total. The number of nitrogens with zero attached hydrogens (tertiary/aromatic N) is 3. The van der Waals surface area contributed by atoms with Gasteiger partial charge in [0.05, 0.1) is 15.5 Å². The third kappa shape index (κ3) is 0.914. The fourth-order valence-electron chi connectivity index (χ4n) is 1.04. The lowest BCUT2D eigenvalue weighted by Gasteiger charge is -1.86. The zero-order chi connectivity index (χ0) is 8.55. The number of benzene rings is 1. The zero-order valence-electron chi connectivity index (χ0n) is 6.04. The van der Waals surface area contributed by atoms with Gasteiger partial charge in [-0.15, -0.1) is 0 Å². The third-order valence-electron chi connectivity index (χ3n) is 1.57. The molecule has 0 amide bonds. The Morgan fingerprint density at radius 3 is 2.83 bits per heavy atom. The monoisotopic (exact) mass is 163 g/mol. The van der Waals surface area contributed by atoms with E-state index in [9.17, 15) is 10.1 Å². The minimum Gasteiger partial charge on any atom is -0.339 e. The van der Waals surface area contributed by atoms with Crippen LogP contribution in [0.5, 0.6) is 0 Å². The summed E-state index contributed by atoms with van der Waals surface area (Å²) < 4.78 is 0. The summed E-state index contributed by atoms with van der Waals surface area (Å²) in [4.78, 5) is 11.0. The highest BCUT2D eigenvalue weighted by atomic mass is 16.7. The van der Waals surface area contributed by atoms with Gasteiger partial charge in [0.2, 0.25) is 5.52 Å². The Morgan fingerprint density at radius 2 is 2.17 bits per heavy atom. The largest absolute Gasteiger partial charge is 0.339 e. The number of hydrogen-bond acceptors (Lipinski definition) is 3. The topological polar surface area (TPSA) is 61.0 Å². The quantitative estimate of drug-likeness (QED) is 0.466. The van der Waals surface area contributed by atoms with Crippen LogP contribution in [0.15, 0.2) is 30.5 Å². The molecule has 0 fully saturated rings. The van der Waals surface area contributed by atoms with Gasteiger partial charge < -0.3 is 10.1 Å². The molecule has 0 radical (unpaired) electrons. The summed E-state index contributed by atoms with van der Waals surface area (Å²) >= 11 is 0. The first-order chi connectivity index (χ1) is 5.77. The van der Waals surface area contributed by atoms with Crippen LogP contribution in [0, 0.1) is 10.1 Å². The molecule has 0 saturated heterocycles. The molecule has 12 heavy (non-hydrogen) atoms. The molecule has 1 heterocycles. The normalized spacial score (nSPS) is 10.3. The minimum atomic E-state index is -0.569. The molecule has 1 aromatic heterocycles. The molecule has 5 heteroatoms. The third-order valence-corrected chi connectivity index (χ3v) is 1.57. The van der Waals surface area contributed by atoms with Gasteiger partial charge in [0.1, 0.15) is 6.20 Å². The second-order valence-corrected chi connectivity index (χ2v) is 2.35. The second-order valence-electron chi connectivity index (χ2n) is 2.35. The molecular weight excluding hydrogens is 158 g/mol. The van der Waals surface area contributed by atoms with E-state index in [2.05, 4.69) is 5.10 Å². The number of hydrogen-bond donors (Lipinski definition) is 0. The van der Waals surface area contributed by atoms with Crippen molar-refractivity contribution in [1.29, 1.82) is 0 Å². The first-order valence-electron chi connectivity index (χ1n) is 3.36. The van der Waals surface area contributed by atoms with Crippen LogP contribution in [0.2, 0.25) is 0 Å². The van der Waals surface area contributed by atoms with Crippen molar-refractivity contribution in [1.82, 2.24) is 9.89 Å². The molecule has 0 unspecified atom stereocenters. The summed E-state index contributed by atoms with van der Waals surface area (Å²) in [6, 6.07) is 7.12. The molecule has 60 valence electrons. The Hall–Kier alpha value is -1.91. The number of fused-ring (bicyclic) bond motifs is 1. The van der Waals surface area contributed by atoms with Crippen LogP contribution in [-0.4, -0.2) is 14.9 Å². The maximum Gasteiger partial charge on any atom is 0.210 e. The Kier molecular flexibility index (Phi) is 1.30. The molecule has 0 saturated carbocycles. The predicted octanol–water partition coefficient (Wildman–Crippen LogP) is 1.08. The average Bonchev–Trinajstić information content (AvgIpc) is 2.46. The Morgan fingerprint density at radius 1 is 1.42 bits per heavy atom. The van der Waals surface area contributed by atoms with Gasteiger partial charge in [0, 0.05) is 4.79 Å². The first kappa shape index (κ1) is 6.78. The van der Waals surface area contributed by atoms with Crippen LogP contribution in [0.3, 0.4) is 0 Å². The lowest BCUT2D eigenvalue weighted by atomic mass is 10.3. The fraction of sp³-hybridized carbons (Fsp3) is 0. The van der Waals surface area contributed by atoms with E-state index in [1.165, 1.54) is 6.20 Å². The van der Waals surface area contributed by atoms with E-state index >= 15 is 0 Å². The lowest BCUT2D eigenvalue weighted by Crippen LogP contribution is -2.07. The van der Waals surface area contributed by atoms with E-state index in [0.717, 1.165) is 5.39 Å². The molecule has 0 spiro atoms. The van der Waals surface area contributed by atoms with Gasteiger partial charge >= 0.3 is 0 Å². The molecule has 2 aromatic rings. The summed E-state index contributed by atoms with van der Waals surface area (Å²) in [5.74, 6) is 0. The van der Waals surface area contributed by atoms with E-state index in [1.807, 2.05) is 6.07 Å². The van der Waals surface area contributed by atoms with Crippen LogP contribution >= 0.6 is 0 Å².